The number of hydrogen-bond acceptors (Lipinski definition) is 7. The van der Waals surface area contributed by atoms with E-state index in [1.54, 1.807) is 0 Å². The SMILES string of the molecule is CSCCC(NC(=O)C(CO)NC(=O)C1CCCN1)C(=O)N1CCCC1C(=O)O. The van der Waals surface area contributed by atoms with Crippen LogP contribution in [0.3, 0.4) is 0 Å². The van der Waals surface area contributed by atoms with Gasteiger partial charge in [0, 0.05) is 6.54 Å². The van der Waals surface area contributed by atoms with E-state index in [0.717, 1.165) is 13.0 Å². The van der Waals surface area contributed by atoms with E-state index in [4.69, 9.17) is 0 Å². The molecule has 4 atom stereocenters. The highest BCUT2D eigenvalue weighted by molar-refractivity contribution is 7.98. The van der Waals surface area contributed by atoms with Crippen molar-refractivity contribution in [3.8, 4) is 0 Å². The molecular formula is C18H30N4O6S. The molecule has 0 bridgehead atoms. The number of likely N-dealkylation sites (tertiary alicyclic amines) is 1. The average Bonchev–Trinajstić information content (AvgIpc) is 3.40. The summed E-state index contributed by atoms with van der Waals surface area (Å²) in [5.74, 6) is -1.95. The van der Waals surface area contributed by atoms with Crippen LogP contribution < -0.4 is 16.0 Å². The summed E-state index contributed by atoms with van der Waals surface area (Å²) in [7, 11) is 0. The van der Waals surface area contributed by atoms with Gasteiger partial charge in [-0.25, -0.2) is 4.79 Å². The summed E-state index contributed by atoms with van der Waals surface area (Å²) in [6.07, 6.45) is 4.69. The maximum atomic E-state index is 12.9. The third kappa shape index (κ3) is 6.31. The minimum absolute atomic E-state index is 0.324. The molecule has 10 nitrogen and oxygen atoms in total. The highest BCUT2D eigenvalue weighted by atomic mass is 32.2. The highest BCUT2D eigenvalue weighted by Crippen LogP contribution is 2.19. The number of nitrogens with one attached hydrogen (secondary N) is 3. The van der Waals surface area contributed by atoms with Crippen LogP contribution in [-0.2, 0) is 19.2 Å². The Morgan fingerprint density at radius 3 is 2.52 bits per heavy atom. The lowest BCUT2D eigenvalue weighted by atomic mass is 10.1. The van der Waals surface area contributed by atoms with Crippen LogP contribution in [0.2, 0.25) is 0 Å². The van der Waals surface area contributed by atoms with Crippen molar-refractivity contribution in [1.29, 1.82) is 0 Å². The second kappa shape index (κ2) is 11.4. The number of carboxylic acids is 1. The second-order valence-electron chi connectivity index (χ2n) is 7.26. The zero-order chi connectivity index (χ0) is 21.4. The highest BCUT2D eigenvalue weighted by Gasteiger charge is 2.38. The fourth-order valence-corrected chi connectivity index (χ4v) is 4.10. The third-order valence-corrected chi connectivity index (χ3v) is 5.88. The normalized spacial score (nSPS) is 23.4. The number of carboxylic acid groups (broad SMARTS) is 1. The van der Waals surface area contributed by atoms with Gasteiger partial charge in [0.05, 0.1) is 12.6 Å². The van der Waals surface area contributed by atoms with Gasteiger partial charge in [0.2, 0.25) is 17.7 Å². The fourth-order valence-electron chi connectivity index (χ4n) is 3.63. The zero-order valence-corrected chi connectivity index (χ0v) is 17.4. The van der Waals surface area contributed by atoms with Crippen LogP contribution >= 0.6 is 11.8 Å². The van der Waals surface area contributed by atoms with Gasteiger partial charge in [-0.2, -0.15) is 11.8 Å². The molecule has 2 heterocycles. The van der Waals surface area contributed by atoms with Crippen molar-refractivity contribution in [2.75, 3.05) is 31.7 Å². The quantitative estimate of drug-likeness (QED) is 0.282. The third-order valence-electron chi connectivity index (χ3n) is 5.24. The topological polar surface area (TPSA) is 148 Å². The predicted octanol–water partition coefficient (Wildman–Crippen LogP) is -1.47. The monoisotopic (exact) mass is 430 g/mol. The number of rotatable bonds is 10. The number of carbonyl (C=O) groups excluding carboxylic acids is 3. The van der Waals surface area contributed by atoms with Gasteiger partial charge in [-0.3, -0.25) is 14.4 Å². The molecule has 4 unspecified atom stereocenters. The second-order valence-corrected chi connectivity index (χ2v) is 8.25. The summed E-state index contributed by atoms with van der Waals surface area (Å²) in [5, 5.41) is 27.0. The van der Waals surface area contributed by atoms with Crippen molar-refractivity contribution in [3.63, 3.8) is 0 Å². The van der Waals surface area contributed by atoms with Crippen LogP contribution in [0.25, 0.3) is 0 Å². The number of aliphatic carboxylic acids is 1. The van der Waals surface area contributed by atoms with Crippen molar-refractivity contribution in [1.82, 2.24) is 20.9 Å². The summed E-state index contributed by atoms with van der Waals surface area (Å²) >= 11 is 1.50. The van der Waals surface area contributed by atoms with Crippen LogP contribution in [0.1, 0.15) is 32.1 Å². The Balaban J connectivity index is 2.02. The van der Waals surface area contributed by atoms with Crippen molar-refractivity contribution >= 4 is 35.5 Å². The van der Waals surface area contributed by atoms with Crippen LogP contribution in [-0.4, -0.2) is 94.7 Å². The first-order valence-electron chi connectivity index (χ1n) is 9.86. The number of hydrogen-bond donors (Lipinski definition) is 5. The smallest absolute Gasteiger partial charge is 0.326 e. The minimum Gasteiger partial charge on any atom is -0.480 e. The molecule has 0 aliphatic carbocycles. The molecule has 2 rings (SSSR count). The van der Waals surface area contributed by atoms with Gasteiger partial charge in [-0.05, 0) is 50.7 Å². The molecule has 0 aromatic carbocycles. The molecule has 164 valence electrons. The number of amides is 3. The number of aliphatic hydroxyl groups is 1. The van der Waals surface area contributed by atoms with Gasteiger partial charge in [-0.15, -0.1) is 0 Å². The van der Waals surface area contributed by atoms with E-state index < -0.39 is 48.6 Å². The molecule has 0 radical (unpaired) electrons. The predicted molar refractivity (Wildman–Crippen MR) is 107 cm³/mol. The van der Waals surface area contributed by atoms with E-state index in [2.05, 4.69) is 16.0 Å². The van der Waals surface area contributed by atoms with Crippen LogP contribution in [0.5, 0.6) is 0 Å². The summed E-state index contributed by atoms with van der Waals surface area (Å²) < 4.78 is 0. The van der Waals surface area contributed by atoms with E-state index >= 15 is 0 Å². The molecule has 2 fully saturated rings. The standard InChI is InChI=1S/C18H30N4O6S/c1-29-9-6-12(17(26)22-8-3-5-14(22)18(27)28)20-16(25)13(10-23)21-15(24)11-4-2-7-19-11/h11-14,19,23H,2-10H2,1H3,(H,20,25)(H,21,24)(H,27,28). The Kier molecular flexibility index (Phi) is 9.18. The molecular weight excluding hydrogens is 400 g/mol. The van der Waals surface area contributed by atoms with E-state index in [1.807, 2.05) is 6.26 Å². The molecule has 2 saturated heterocycles. The lowest BCUT2D eigenvalue weighted by Crippen LogP contribution is -2.58. The minimum atomic E-state index is -1.18. The summed E-state index contributed by atoms with van der Waals surface area (Å²) in [6.45, 7) is 0.448. The fraction of sp³-hybridized carbons (Fsp3) is 0.778. The Labute approximate surface area is 174 Å². The number of carbonyl (C=O) groups is 4. The summed E-state index contributed by atoms with van der Waals surface area (Å²) in [5.41, 5.74) is 0. The zero-order valence-electron chi connectivity index (χ0n) is 16.6. The number of nitrogens with zero attached hydrogens (tertiary/aromatic N) is 1. The van der Waals surface area contributed by atoms with Crippen molar-refractivity contribution in [2.24, 2.45) is 0 Å². The van der Waals surface area contributed by atoms with E-state index in [9.17, 15) is 29.4 Å². The molecule has 5 N–H and O–H groups in total. The maximum absolute atomic E-state index is 12.9. The summed E-state index contributed by atoms with van der Waals surface area (Å²) in [6, 6.07) is -3.38. The van der Waals surface area contributed by atoms with Gasteiger partial charge in [0.1, 0.15) is 18.1 Å². The molecule has 0 aromatic rings. The van der Waals surface area contributed by atoms with Gasteiger partial charge in [-0.1, -0.05) is 0 Å². The first kappa shape index (κ1) is 23.4. The molecule has 2 aliphatic heterocycles. The van der Waals surface area contributed by atoms with Gasteiger partial charge >= 0.3 is 5.97 Å². The molecule has 11 heteroatoms. The first-order chi connectivity index (χ1) is 13.9. The van der Waals surface area contributed by atoms with Crippen LogP contribution in [0, 0.1) is 0 Å². The molecule has 0 spiro atoms. The number of thioether (sulfide) groups is 1. The maximum Gasteiger partial charge on any atom is 0.326 e. The number of aliphatic hydroxyl groups excluding tert-OH is 1. The van der Waals surface area contributed by atoms with Crippen LogP contribution in [0.15, 0.2) is 0 Å². The molecule has 2 aliphatic rings. The van der Waals surface area contributed by atoms with Crippen LogP contribution in [0.4, 0.5) is 0 Å². The molecule has 0 aromatic heterocycles. The Morgan fingerprint density at radius 1 is 1.17 bits per heavy atom. The van der Waals surface area contributed by atoms with Gasteiger partial charge in [0.15, 0.2) is 0 Å². The molecule has 3 amide bonds. The average molecular weight is 431 g/mol. The Bertz CT molecular complexity index is 613. The largest absolute Gasteiger partial charge is 0.480 e. The van der Waals surface area contributed by atoms with Crippen molar-refractivity contribution in [2.45, 2.75) is 56.3 Å². The van der Waals surface area contributed by atoms with Crippen molar-refractivity contribution in [3.05, 3.63) is 0 Å². The Morgan fingerprint density at radius 2 is 1.93 bits per heavy atom. The van der Waals surface area contributed by atoms with E-state index in [0.29, 0.717) is 38.0 Å². The summed E-state index contributed by atoms with van der Waals surface area (Å²) in [4.78, 5) is 50.5. The van der Waals surface area contributed by atoms with Gasteiger partial charge < -0.3 is 31.1 Å². The molecule has 29 heavy (non-hydrogen) atoms. The lowest BCUT2D eigenvalue weighted by Gasteiger charge is -2.28. The lowest BCUT2D eigenvalue weighted by molar-refractivity contribution is -0.149. The first-order valence-corrected chi connectivity index (χ1v) is 11.3. The Hall–Kier alpha value is -1.85. The van der Waals surface area contributed by atoms with E-state index in [-0.39, 0.29) is 5.91 Å². The van der Waals surface area contributed by atoms with E-state index in [1.165, 1.54) is 16.7 Å². The van der Waals surface area contributed by atoms with Gasteiger partial charge in [0.25, 0.3) is 0 Å². The van der Waals surface area contributed by atoms with Crippen molar-refractivity contribution < 1.29 is 29.4 Å². The molecule has 0 saturated carbocycles.